The Labute approximate surface area is 207 Å². The monoisotopic (exact) mass is 498 g/mol. The molecule has 2 aromatic heterocycles. The van der Waals surface area contributed by atoms with Crippen molar-refractivity contribution in [3.8, 4) is 0 Å². The molecule has 2 saturated carbocycles. The van der Waals surface area contributed by atoms with Crippen LogP contribution in [0, 0.1) is 0 Å². The molecular weight excluding hydrogens is 469 g/mol. The summed E-state index contributed by atoms with van der Waals surface area (Å²) >= 11 is 0. The van der Waals surface area contributed by atoms with Gasteiger partial charge in [-0.15, -0.1) is 0 Å². The van der Waals surface area contributed by atoms with Gasteiger partial charge in [0.1, 0.15) is 5.60 Å². The summed E-state index contributed by atoms with van der Waals surface area (Å²) in [5, 5.41) is 14.0. The van der Waals surface area contributed by atoms with Gasteiger partial charge in [0, 0.05) is 24.5 Å². The number of aliphatic hydroxyl groups is 1. The van der Waals surface area contributed by atoms with Crippen LogP contribution in [0.5, 0.6) is 0 Å². The quantitative estimate of drug-likeness (QED) is 0.435. The maximum absolute atomic E-state index is 14.1. The van der Waals surface area contributed by atoms with E-state index in [1.807, 2.05) is 12.1 Å². The Morgan fingerprint density at radius 2 is 1.81 bits per heavy atom. The van der Waals surface area contributed by atoms with Crippen LogP contribution in [0.15, 0.2) is 48.8 Å². The van der Waals surface area contributed by atoms with Gasteiger partial charge in [-0.25, -0.2) is 0 Å². The lowest BCUT2D eigenvalue weighted by Crippen LogP contribution is -2.52. The van der Waals surface area contributed by atoms with Gasteiger partial charge in [0.05, 0.1) is 22.9 Å². The Morgan fingerprint density at radius 3 is 2.44 bits per heavy atom. The predicted octanol–water partition coefficient (Wildman–Crippen LogP) is 6.01. The first kappa shape index (κ1) is 24.5. The molecular formula is C27H29F3N4O2. The van der Waals surface area contributed by atoms with Crippen molar-refractivity contribution in [2.75, 3.05) is 12.4 Å². The van der Waals surface area contributed by atoms with Crippen LogP contribution in [0.4, 0.5) is 24.5 Å². The van der Waals surface area contributed by atoms with E-state index >= 15 is 0 Å². The van der Waals surface area contributed by atoms with Gasteiger partial charge in [0.2, 0.25) is 0 Å². The third kappa shape index (κ3) is 4.76. The van der Waals surface area contributed by atoms with Crippen LogP contribution < -0.4 is 5.32 Å². The number of nitrogens with zero attached hydrogens (tertiary/aromatic N) is 3. The molecule has 3 aromatic rings. The summed E-state index contributed by atoms with van der Waals surface area (Å²) in [6.07, 6.45) is 3.36. The Balaban J connectivity index is 1.40. The van der Waals surface area contributed by atoms with Crippen molar-refractivity contribution in [2.45, 2.75) is 68.7 Å². The van der Waals surface area contributed by atoms with E-state index in [1.54, 1.807) is 24.5 Å². The number of hydrogen-bond donors (Lipinski definition) is 2. The third-order valence-electron chi connectivity index (χ3n) is 7.25. The molecule has 0 unspecified atom stereocenters. The van der Waals surface area contributed by atoms with E-state index in [9.17, 15) is 23.1 Å². The van der Waals surface area contributed by atoms with Crippen molar-refractivity contribution >= 4 is 28.3 Å². The van der Waals surface area contributed by atoms with E-state index in [-0.39, 0.29) is 18.4 Å². The highest BCUT2D eigenvalue weighted by molar-refractivity contribution is 5.86. The van der Waals surface area contributed by atoms with Crippen molar-refractivity contribution in [2.24, 2.45) is 0 Å². The van der Waals surface area contributed by atoms with Crippen LogP contribution in [-0.4, -0.2) is 44.7 Å². The zero-order valence-corrected chi connectivity index (χ0v) is 20.1. The number of halogens is 3. The number of hydrogen-bond acceptors (Lipinski definition) is 5. The number of likely N-dealkylation sites (N-methyl/N-ethyl adjacent to an activating group) is 1. The molecule has 2 fully saturated rings. The molecule has 0 spiro atoms. The maximum Gasteiger partial charge on any atom is 0.413 e. The van der Waals surface area contributed by atoms with E-state index in [0.29, 0.717) is 29.3 Å². The minimum absolute atomic E-state index is 0.0657. The van der Waals surface area contributed by atoms with Gasteiger partial charge in [0.25, 0.3) is 5.91 Å². The molecule has 0 saturated heterocycles. The van der Waals surface area contributed by atoms with Gasteiger partial charge in [0.15, 0.2) is 6.04 Å². The van der Waals surface area contributed by atoms with Crippen molar-refractivity contribution in [1.29, 1.82) is 0 Å². The molecule has 0 radical (unpaired) electrons. The van der Waals surface area contributed by atoms with Crippen LogP contribution in [-0.2, 0) is 4.79 Å². The predicted molar refractivity (Wildman–Crippen MR) is 131 cm³/mol. The number of aromatic nitrogens is 2. The number of carbonyl (C=O) groups is 1. The fourth-order valence-corrected chi connectivity index (χ4v) is 5.26. The largest absolute Gasteiger partial charge is 0.413 e. The molecule has 2 heterocycles. The Hall–Kier alpha value is -3.20. The van der Waals surface area contributed by atoms with E-state index in [1.165, 1.54) is 12.1 Å². The number of amides is 1. The highest BCUT2D eigenvalue weighted by Gasteiger charge is 2.49. The van der Waals surface area contributed by atoms with Gasteiger partial charge in [-0.1, -0.05) is 31.4 Å². The molecule has 190 valence electrons. The average molecular weight is 499 g/mol. The summed E-state index contributed by atoms with van der Waals surface area (Å²) in [7, 11) is 1.12. The lowest BCUT2D eigenvalue weighted by Gasteiger charge is -2.38. The number of pyridine rings is 2. The van der Waals surface area contributed by atoms with Crippen LogP contribution in [0.2, 0.25) is 0 Å². The van der Waals surface area contributed by atoms with Crippen molar-refractivity contribution < 1.29 is 23.1 Å². The fourth-order valence-electron chi connectivity index (χ4n) is 5.26. The fraction of sp³-hybridized carbons (Fsp3) is 0.444. The number of alkyl halides is 3. The molecule has 0 bridgehead atoms. The molecule has 2 aliphatic rings. The molecule has 1 atom stereocenters. The second kappa shape index (κ2) is 9.35. The summed E-state index contributed by atoms with van der Waals surface area (Å²) in [6.45, 7) is 0. The number of carbonyl (C=O) groups excluding carboxylic acids is 1. The average Bonchev–Trinajstić information content (AvgIpc) is 3.69. The maximum atomic E-state index is 14.1. The first-order valence-electron chi connectivity index (χ1n) is 12.3. The van der Waals surface area contributed by atoms with E-state index in [2.05, 4.69) is 15.3 Å². The molecule has 1 aromatic carbocycles. The Bertz CT molecular complexity index is 1250. The summed E-state index contributed by atoms with van der Waals surface area (Å²) in [5.74, 6) is -0.498. The first-order valence-corrected chi connectivity index (χ1v) is 12.3. The zero-order valence-electron chi connectivity index (χ0n) is 20.1. The topological polar surface area (TPSA) is 78.4 Å². The lowest BCUT2D eigenvalue weighted by atomic mass is 9.83. The second-order valence-corrected chi connectivity index (χ2v) is 9.93. The molecule has 36 heavy (non-hydrogen) atoms. The number of benzene rings is 1. The molecule has 9 heteroatoms. The molecule has 5 rings (SSSR count). The number of rotatable bonds is 6. The van der Waals surface area contributed by atoms with Crippen molar-refractivity contribution in [3.63, 3.8) is 0 Å². The third-order valence-corrected chi connectivity index (χ3v) is 7.25. The number of nitrogens with one attached hydrogen (secondary N) is 1. The highest BCUT2D eigenvalue weighted by Crippen LogP contribution is 2.46. The molecule has 6 nitrogen and oxygen atoms in total. The molecule has 1 amide bonds. The van der Waals surface area contributed by atoms with Crippen molar-refractivity contribution in [3.05, 3.63) is 59.9 Å². The summed E-state index contributed by atoms with van der Waals surface area (Å²) < 4.78 is 42.4. The minimum Gasteiger partial charge on any atom is -0.380 e. The van der Waals surface area contributed by atoms with E-state index in [0.717, 1.165) is 48.6 Å². The number of fused-ring (bicyclic) bond motifs is 1. The van der Waals surface area contributed by atoms with E-state index < -0.39 is 23.7 Å². The summed E-state index contributed by atoms with van der Waals surface area (Å²) in [6, 6.07) is 7.48. The van der Waals surface area contributed by atoms with Gasteiger partial charge >= 0.3 is 6.18 Å². The van der Waals surface area contributed by atoms with Crippen molar-refractivity contribution in [1.82, 2.24) is 14.9 Å². The minimum atomic E-state index is -4.70. The normalized spacial score (nSPS) is 18.6. The van der Waals surface area contributed by atoms with Gasteiger partial charge in [-0.2, -0.15) is 13.2 Å². The van der Waals surface area contributed by atoms with Gasteiger partial charge < -0.3 is 15.3 Å². The Kier molecular flexibility index (Phi) is 6.36. The second-order valence-electron chi connectivity index (χ2n) is 9.93. The molecule has 2 N–H and O–H groups in total. The van der Waals surface area contributed by atoms with Crippen LogP contribution in [0.25, 0.3) is 11.0 Å². The van der Waals surface area contributed by atoms with Crippen LogP contribution in [0.1, 0.15) is 68.0 Å². The number of anilines is 2. The summed E-state index contributed by atoms with van der Waals surface area (Å²) in [4.78, 5) is 22.6. The van der Waals surface area contributed by atoms with Gasteiger partial charge in [-0.3, -0.25) is 14.8 Å². The summed E-state index contributed by atoms with van der Waals surface area (Å²) in [5.41, 5.74) is 2.30. The van der Waals surface area contributed by atoms with E-state index in [4.69, 9.17) is 0 Å². The smallest absolute Gasteiger partial charge is 0.380 e. The van der Waals surface area contributed by atoms with Crippen LogP contribution in [0.3, 0.4) is 0 Å². The highest BCUT2D eigenvalue weighted by atomic mass is 19.4. The standard InChI is InChI=1S/C27H29F3N4O2/c1-34(25(35)26(36)13-3-2-4-14-26)24(27(28,29)30)18-9-11-19(12-10-18)33-21-16-32-20-6-5-15-31-23(20)22(21)17-7-8-17/h5-6,9-12,15-17,24,33,36H,2-4,7-8,13-14H2,1H3/t24-/m0/s1. The SMILES string of the molecule is CN(C(=O)C1(O)CCCCC1)[C@@H](c1ccc(Nc2cnc3cccnc3c2C2CC2)cc1)C(F)(F)F. The Morgan fingerprint density at radius 1 is 1.11 bits per heavy atom. The van der Waals surface area contributed by atoms with Crippen LogP contribution >= 0.6 is 0 Å². The molecule has 0 aliphatic heterocycles. The zero-order chi connectivity index (χ0) is 25.5. The first-order chi connectivity index (χ1) is 17.2. The van der Waals surface area contributed by atoms with Gasteiger partial charge in [-0.05, 0) is 61.4 Å². The molecule has 2 aliphatic carbocycles. The lowest BCUT2D eigenvalue weighted by molar-refractivity contribution is -0.197.